The van der Waals surface area contributed by atoms with Crippen LogP contribution in [0, 0.1) is 0 Å². The number of H-pyrrole nitrogens is 1. The molecule has 3 aromatic carbocycles. The molecular formula is C25H32ClN3O4. The topological polar surface area (TPSA) is 111 Å². The summed E-state index contributed by atoms with van der Waals surface area (Å²) in [5.41, 5.74) is 1.41. The normalized spacial score (nSPS) is 12.2. The van der Waals surface area contributed by atoms with Crippen LogP contribution < -0.4 is 15.7 Å². The smallest absolute Gasteiger partial charge is 0.326 e. The molecule has 1 heterocycles. The second-order valence-electron chi connectivity index (χ2n) is 8.56. The number of para-hydroxylation sites is 2. The van der Waals surface area contributed by atoms with Crippen LogP contribution in [0.2, 0.25) is 0 Å². The summed E-state index contributed by atoms with van der Waals surface area (Å²) in [6, 6.07) is 21.7. The molecule has 8 heteroatoms. The van der Waals surface area contributed by atoms with Gasteiger partial charge in [-0.3, -0.25) is 4.57 Å². The van der Waals surface area contributed by atoms with Crippen LogP contribution in [-0.2, 0) is 6.54 Å². The molecule has 0 spiro atoms. The van der Waals surface area contributed by atoms with Gasteiger partial charge in [0.25, 0.3) is 0 Å². The molecule has 0 bridgehead atoms. The third kappa shape index (κ3) is 6.36. The molecule has 1 unspecified atom stereocenters. The van der Waals surface area contributed by atoms with E-state index < -0.39 is 6.10 Å². The number of rotatable bonds is 9. The first kappa shape index (κ1) is 26.4. The standard InChI is InChI=1S/C25H29N3O3.ClH.H2O/c1-25(2,14-15-28-22-12-6-5-11-21(22)27-24(28)30)26-16-19(29)17-31-23-13-7-9-18-8-3-4-10-20(18)23;;/h3-13,19,26,29H,14-17H2,1-2H3,(H,27,30);1H;1H2. The minimum absolute atomic E-state index is 0. The molecule has 4 aromatic rings. The van der Waals surface area contributed by atoms with Gasteiger partial charge in [-0.2, -0.15) is 0 Å². The van der Waals surface area contributed by atoms with E-state index in [-0.39, 0.29) is 35.7 Å². The van der Waals surface area contributed by atoms with E-state index in [0.29, 0.717) is 13.1 Å². The van der Waals surface area contributed by atoms with Gasteiger partial charge in [0.1, 0.15) is 18.5 Å². The molecule has 0 saturated carbocycles. The van der Waals surface area contributed by atoms with E-state index in [1.807, 2.05) is 66.7 Å². The highest BCUT2D eigenvalue weighted by Gasteiger charge is 2.20. The molecule has 1 aromatic heterocycles. The van der Waals surface area contributed by atoms with Crippen LogP contribution in [0.25, 0.3) is 21.8 Å². The van der Waals surface area contributed by atoms with Gasteiger partial charge >= 0.3 is 5.69 Å². The van der Waals surface area contributed by atoms with Gasteiger partial charge in [0, 0.05) is 24.0 Å². The maximum Gasteiger partial charge on any atom is 0.326 e. The number of aromatic amines is 1. The Morgan fingerprint density at radius 1 is 1.06 bits per heavy atom. The Kier molecular flexibility index (Phi) is 9.07. The number of aliphatic hydroxyl groups is 1. The molecule has 4 rings (SSSR count). The number of fused-ring (bicyclic) bond motifs is 2. The monoisotopic (exact) mass is 473 g/mol. The van der Waals surface area contributed by atoms with Crippen LogP contribution >= 0.6 is 12.4 Å². The fraction of sp³-hybridized carbons (Fsp3) is 0.320. The average molecular weight is 474 g/mol. The third-order valence-corrected chi connectivity index (χ3v) is 5.64. The van der Waals surface area contributed by atoms with Crippen molar-refractivity contribution in [2.24, 2.45) is 0 Å². The Balaban J connectivity index is 0.00000193. The summed E-state index contributed by atoms with van der Waals surface area (Å²) in [6.07, 6.45) is 0.0973. The van der Waals surface area contributed by atoms with Crippen LogP contribution in [0.15, 0.2) is 71.5 Å². The number of aryl methyl sites for hydroxylation is 1. The van der Waals surface area contributed by atoms with Crippen molar-refractivity contribution in [2.45, 2.75) is 38.5 Å². The molecule has 0 fully saturated rings. The number of nitrogens with zero attached hydrogens (tertiary/aromatic N) is 1. The zero-order valence-corrected chi connectivity index (χ0v) is 19.7. The SMILES string of the molecule is CC(C)(CCn1c(=O)[nH]c2ccccc21)NCC(O)COc1cccc2ccccc12.Cl.O. The molecule has 1 atom stereocenters. The lowest BCUT2D eigenvalue weighted by Gasteiger charge is -2.28. The summed E-state index contributed by atoms with van der Waals surface area (Å²) in [6.45, 7) is 5.35. The van der Waals surface area contributed by atoms with Crippen LogP contribution in [0.1, 0.15) is 20.3 Å². The molecule has 0 amide bonds. The maximum atomic E-state index is 12.3. The number of aliphatic hydroxyl groups excluding tert-OH is 1. The van der Waals surface area contributed by atoms with Gasteiger partial charge in [-0.15, -0.1) is 12.4 Å². The predicted octanol–water partition coefficient (Wildman–Crippen LogP) is 3.28. The largest absolute Gasteiger partial charge is 0.490 e. The minimum atomic E-state index is -0.644. The zero-order valence-electron chi connectivity index (χ0n) is 18.9. The van der Waals surface area contributed by atoms with E-state index >= 15 is 0 Å². The second kappa shape index (κ2) is 11.3. The summed E-state index contributed by atoms with van der Waals surface area (Å²) in [5.74, 6) is 0.773. The highest BCUT2D eigenvalue weighted by Crippen LogP contribution is 2.25. The van der Waals surface area contributed by atoms with Crippen LogP contribution in [-0.4, -0.2) is 44.9 Å². The van der Waals surface area contributed by atoms with Crippen LogP contribution in [0.3, 0.4) is 0 Å². The molecule has 7 nitrogen and oxygen atoms in total. The van der Waals surface area contributed by atoms with Crippen molar-refractivity contribution < 1.29 is 15.3 Å². The van der Waals surface area contributed by atoms with Gasteiger partial charge in [-0.1, -0.05) is 48.5 Å². The Hall–Kier alpha value is -2.84. The lowest BCUT2D eigenvalue weighted by molar-refractivity contribution is 0.0985. The van der Waals surface area contributed by atoms with Crippen LogP contribution in [0.4, 0.5) is 0 Å². The molecule has 0 radical (unpaired) electrons. The first-order valence-electron chi connectivity index (χ1n) is 10.6. The molecule has 0 saturated heterocycles. The first-order valence-corrected chi connectivity index (χ1v) is 10.6. The Morgan fingerprint density at radius 2 is 1.76 bits per heavy atom. The second-order valence-corrected chi connectivity index (χ2v) is 8.56. The highest BCUT2D eigenvalue weighted by molar-refractivity contribution is 5.88. The fourth-order valence-corrected chi connectivity index (χ4v) is 3.77. The number of ether oxygens (including phenoxy) is 1. The zero-order chi connectivity index (χ0) is 21.8. The molecule has 0 aliphatic rings. The van der Waals surface area contributed by atoms with Crippen molar-refractivity contribution >= 4 is 34.2 Å². The summed E-state index contributed by atoms with van der Waals surface area (Å²) in [4.78, 5) is 15.2. The van der Waals surface area contributed by atoms with E-state index in [0.717, 1.165) is 34.0 Å². The average Bonchev–Trinajstić information content (AvgIpc) is 3.10. The van der Waals surface area contributed by atoms with Crippen molar-refractivity contribution in [1.29, 1.82) is 0 Å². The Labute approximate surface area is 199 Å². The summed E-state index contributed by atoms with van der Waals surface area (Å²) in [5, 5.41) is 16.0. The van der Waals surface area contributed by atoms with Crippen molar-refractivity contribution in [3.8, 4) is 5.75 Å². The number of nitrogens with one attached hydrogen (secondary N) is 2. The number of β-amino-alcohol motifs (C(OH)–C–C–N with tert-alkyl or cyclic N) is 1. The van der Waals surface area contributed by atoms with Gasteiger partial charge in [0.05, 0.1) is 11.0 Å². The Bertz CT molecular complexity index is 1230. The van der Waals surface area contributed by atoms with Crippen molar-refractivity contribution in [2.75, 3.05) is 13.2 Å². The number of benzene rings is 3. The molecule has 178 valence electrons. The van der Waals surface area contributed by atoms with Gasteiger partial charge in [-0.05, 0) is 43.9 Å². The minimum Gasteiger partial charge on any atom is -0.490 e. The number of aromatic nitrogens is 2. The Morgan fingerprint density at radius 3 is 2.58 bits per heavy atom. The number of imidazole rings is 1. The van der Waals surface area contributed by atoms with Gasteiger partial charge in [0.2, 0.25) is 0 Å². The molecule has 0 aliphatic heterocycles. The van der Waals surface area contributed by atoms with E-state index in [9.17, 15) is 9.90 Å². The molecular weight excluding hydrogens is 442 g/mol. The first-order chi connectivity index (χ1) is 14.9. The van der Waals surface area contributed by atoms with Gasteiger partial charge in [0.15, 0.2) is 0 Å². The van der Waals surface area contributed by atoms with E-state index in [1.54, 1.807) is 4.57 Å². The number of hydrogen-bond donors (Lipinski definition) is 3. The summed E-state index contributed by atoms with van der Waals surface area (Å²) < 4.78 is 7.65. The third-order valence-electron chi connectivity index (χ3n) is 5.64. The van der Waals surface area contributed by atoms with Crippen molar-refractivity contribution in [3.63, 3.8) is 0 Å². The number of halogens is 1. The van der Waals surface area contributed by atoms with Crippen molar-refractivity contribution in [3.05, 3.63) is 77.2 Å². The lowest BCUT2D eigenvalue weighted by atomic mass is 10.0. The molecule has 5 N–H and O–H groups in total. The molecule has 33 heavy (non-hydrogen) atoms. The highest BCUT2D eigenvalue weighted by atomic mass is 35.5. The lowest BCUT2D eigenvalue weighted by Crippen LogP contribution is -2.45. The van der Waals surface area contributed by atoms with E-state index in [4.69, 9.17) is 4.74 Å². The van der Waals surface area contributed by atoms with Gasteiger partial charge in [-0.25, -0.2) is 4.79 Å². The van der Waals surface area contributed by atoms with E-state index in [1.165, 1.54) is 0 Å². The van der Waals surface area contributed by atoms with Gasteiger partial charge < -0.3 is 25.6 Å². The fourth-order valence-electron chi connectivity index (χ4n) is 3.77. The van der Waals surface area contributed by atoms with Crippen molar-refractivity contribution in [1.82, 2.24) is 14.9 Å². The quantitative estimate of drug-likeness (QED) is 0.346. The maximum absolute atomic E-state index is 12.3. The van der Waals surface area contributed by atoms with E-state index in [2.05, 4.69) is 24.1 Å². The molecule has 0 aliphatic carbocycles. The summed E-state index contributed by atoms with van der Waals surface area (Å²) in [7, 11) is 0. The predicted molar refractivity (Wildman–Crippen MR) is 136 cm³/mol. The van der Waals surface area contributed by atoms with Crippen LogP contribution in [0.5, 0.6) is 5.75 Å². The summed E-state index contributed by atoms with van der Waals surface area (Å²) >= 11 is 0. The number of hydrogen-bond acceptors (Lipinski definition) is 4.